The third-order valence-corrected chi connectivity index (χ3v) is 6.81. The zero-order chi connectivity index (χ0) is 25.4. The molecule has 36 heavy (non-hydrogen) atoms. The summed E-state index contributed by atoms with van der Waals surface area (Å²) < 4.78 is 17.5. The number of hydrogen-bond acceptors (Lipinski definition) is 8. The van der Waals surface area contributed by atoms with Crippen molar-refractivity contribution in [1.82, 2.24) is 4.98 Å². The van der Waals surface area contributed by atoms with Crippen molar-refractivity contribution in [2.75, 3.05) is 18.1 Å². The molecule has 0 radical (unpaired) electrons. The van der Waals surface area contributed by atoms with E-state index in [2.05, 4.69) is 4.98 Å². The number of fused-ring (bicyclic) bond motifs is 1. The van der Waals surface area contributed by atoms with Crippen molar-refractivity contribution >= 4 is 38.4 Å². The average Bonchev–Trinajstić information content (AvgIpc) is 3.55. The number of aliphatic hydroxyl groups excluding tert-OH is 1. The monoisotopic (exact) mass is 504 g/mol. The van der Waals surface area contributed by atoms with Crippen molar-refractivity contribution in [3.63, 3.8) is 0 Å². The molecular weight excluding hydrogens is 480 g/mol. The molecule has 2 aromatic heterocycles. The Balaban J connectivity index is 1.62. The molecule has 4 aromatic rings. The third kappa shape index (κ3) is 4.11. The number of aromatic nitrogens is 1. The molecule has 1 aliphatic heterocycles. The van der Waals surface area contributed by atoms with E-state index in [1.54, 1.807) is 37.3 Å². The number of aryl methyl sites for hydroxylation is 1. The second-order valence-electron chi connectivity index (χ2n) is 8.14. The van der Waals surface area contributed by atoms with Gasteiger partial charge >= 0.3 is 0 Å². The smallest absolute Gasteiger partial charge is 0.296 e. The number of hydrogen-bond donors (Lipinski definition) is 1. The van der Waals surface area contributed by atoms with Gasteiger partial charge in [-0.1, -0.05) is 23.5 Å². The fourth-order valence-electron chi connectivity index (χ4n) is 4.20. The van der Waals surface area contributed by atoms with Gasteiger partial charge in [-0.3, -0.25) is 14.5 Å². The lowest BCUT2D eigenvalue weighted by Crippen LogP contribution is -2.30. The Hall–Kier alpha value is -4.11. The predicted molar refractivity (Wildman–Crippen MR) is 136 cm³/mol. The van der Waals surface area contributed by atoms with Crippen LogP contribution in [0.2, 0.25) is 0 Å². The molecule has 0 saturated heterocycles. The number of carbonyl (C=O) groups is 2. The number of rotatable bonds is 8. The molecule has 2 aromatic carbocycles. The van der Waals surface area contributed by atoms with Crippen LogP contribution in [0.5, 0.6) is 11.5 Å². The van der Waals surface area contributed by atoms with E-state index in [-0.39, 0.29) is 11.3 Å². The molecule has 1 N–H and O–H groups in total. The minimum Gasteiger partial charge on any atom is -0.503 e. The van der Waals surface area contributed by atoms with Crippen LogP contribution in [-0.2, 0) is 4.79 Å². The highest BCUT2D eigenvalue weighted by molar-refractivity contribution is 7.22. The Kier molecular flexibility index (Phi) is 6.24. The Morgan fingerprint density at radius 1 is 1.06 bits per heavy atom. The SMILES string of the molecule is CCOc1ccc([C@@H]2C(C(=O)c3ccc(C)o3)=C(O)C(=O)N2c2nc3ccc(OCC)cc3s2)cc1. The summed E-state index contributed by atoms with van der Waals surface area (Å²) in [5.41, 5.74) is 1.24. The standard InChI is InChI=1S/C27H24N2O6S/c1-4-33-17-9-7-16(8-10-17)23-22(24(30)20-13-6-15(3)35-20)25(31)26(32)29(23)27-28-19-12-11-18(34-5-2)14-21(19)36-27/h6-14,23,31H,4-5H2,1-3H3/t23-/m1/s1. The first-order valence-electron chi connectivity index (χ1n) is 11.5. The van der Waals surface area contributed by atoms with Crippen molar-refractivity contribution in [1.29, 1.82) is 0 Å². The molecule has 184 valence electrons. The second kappa shape index (κ2) is 9.50. The quantitative estimate of drug-likeness (QED) is 0.304. The first-order valence-corrected chi connectivity index (χ1v) is 12.4. The van der Waals surface area contributed by atoms with Gasteiger partial charge in [-0.25, -0.2) is 4.98 Å². The maximum Gasteiger partial charge on any atom is 0.296 e. The average molecular weight is 505 g/mol. The van der Waals surface area contributed by atoms with E-state index in [1.807, 2.05) is 32.0 Å². The third-order valence-electron chi connectivity index (χ3n) is 5.79. The lowest BCUT2D eigenvalue weighted by molar-refractivity contribution is -0.117. The number of anilines is 1. The summed E-state index contributed by atoms with van der Waals surface area (Å²) in [5.74, 6) is 0.0602. The zero-order valence-electron chi connectivity index (χ0n) is 20.0. The van der Waals surface area contributed by atoms with Gasteiger partial charge in [-0.15, -0.1) is 0 Å². The topological polar surface area (TPSA) is 102 Å². The maximum atomic E-state index is 13.5. The number of Topliss-reactive ketones (excluding diaryl/α,β-unsaturated/α-hetero) is 1. The van der Waals surface area contributed by atoms with Crippen LogP contribution in [0.4, 0.5) is 5.13 Å². The lowest BCUT2D eigenvalue weighted by Gasteiger charge is -2.24. The summed E-state index contributed by atoms with van der Waals surface area (Å²) in [6.45, 7) is 6.54. The number of nitrogens with zero attached hydrogens (tertiary/aromatic N) is 2. The molecule has 0 bridgehead atoms. The Morgan fingerprint density at radius 3 is 2.42 bits per heavy atom. The van der Waals surface area contributed by atoms with Crippen molar-refractivity contribution in [2.45, 2.75) is 26.8 Å². The van der Waals surface area contributed by atoms with Crippen LogP contribution in [0.15, 0.2) is 70.3 Å². The van der Waals surface area contributed by atoms with Gasteiger partial charge in [0.15, 0.2) is 16.7 Å². The molecule has 5 rings (SSSR count). The normalized spacial score (nSPS) is 15.7. The number of carbonyl (C=O) groups excluding carboxylic acids is 2. The number of ether oxygens (including phenoxy) is 2. The van der Waals surface area contributed by atoms with E-state index in [4.69, 9.17) is 13.9 Å². The number of furan rings is 1. The molecule has 1 aliphatic rings. The minimum atomic E-state index is -0.905. The van der Waals surface area contributed by atoms with Gasteiger partial charge in [0.05, 0.1) is 35.0 Å². The molecule has 0 aliphatic carbocycles. The van der Waals surface area contributed by atoms with Gasteiger partial charge in [-0.2, -0.15) is 0 Å². The van der Waals surface area contributed by atoms with Gasteiger partial charge in [0.2, 0.25) is 5.78 Å². The van der Waals surface area contributed by atoms with Crippen LogP contribution >= 0.6 is 11.3 Å². The predicted octanol–water partition coefficient (Wildman–Crippen LogP) is 5.78. The highest BCUT2D eigenvalue weighted by Gasteiger charge is 2.46. The van der Waals surface area contributed by atoms with E-state index in [9.17, 15) is 14.7 Å². The van der Waals surface area contributed by atoms with E-state index in [1.165, 1.54) is 22.3 Å². The summed E-state index contributed by atoms with van der Waals surface area (Å²) in [4.78, 5) is 32.9. The van der Waals surface area contributed by atoms with Crippen molar-refractivity contribution < 1.29 is 28.6 Å². The Morgan fingerprint density at radius 2 is 1.75 bits per heavy atom. The van der Waals surface area contributed by atoms with E-state index in [0.29, 0.717) is 46.7 Å². The van der Waals surface area contributed by atoms with Crippen LogP contribution in [0.25, 0.3) is 10.2 Å². The van der Waals surface area contributed by atoms with E-state index >= 15 is 0 Å². The van der Waals surface area contributed by atoms with Crippen molar-refractivity contribution in [3.05, 3.63) is 83.0 Å². The fraction of sp³-hybridized carbons (Fsp3) is 0.222. The molecule has 0 spiro atoms. The van der Waals surface area contributed by atoms with Crippen LogP contribution in [0.1, 0.15) is 41.8 Å². The van der Waals surface area contributed by atoms with E-state index < -0.39 is 23.5 Å². The number of benzene rings is 2. The molecule has 0 unspecified atom stereocenters. The lowest BCUT2D eigenvalue weighted by atomic mass is 9.95. The molecule has 1 amide bonds. The van der Waals surface area contributed by atoms with Crippen molar-refractivity contribution in [2.24, 2.45) is 0 Å². The first kappa shape index (κ1) is 23.6. The van der Waals surface area contributed by atoms with Crippen molar-refractivity contribution in [3.8, 4) is 11.5 Å². The largest absolute Gasteiger partial charge is 0.503 e. The zero-order valence-corrected chi connectivity index (χ0v) is 20.8. The molecular formula is C27H24N2O6S. The number of ketones is 1. The van der Waals surface area contributed by atoms with Crippen LogP contribution < -0.4 is 14.4 Å². The number of aliphatic hydroxyl groups is 1. The summed E-state index contributed by atoms with van der Waals surface area (Å²) in [7, 11) is 0. The maximum absolute atomic E-state index is 13.5. The summed E-state index contributed by atoms with van der Waals surface area (Å²) in [6.07, 6.45) is 0. The van der Waals surface area contributed by atoms with Gasteiger partial charge < -0.3 is 19.0 Å². The molecule has 8 nitrogen and oxygen atoms in total. The molecule has 0 saturated carbocycles. The van der Waals surface area contributed by atoms with Gasteiger partial charge in [-0.05, 0) is 68.8 Å². The van der Waals surface area contributed by atoms with Gasteiger partial charge in [0.1, 0.15) is 17.3 Å². The first-order chi connectivity index (χ1) is 17.4. The minimum absolute atomic E-state index is 0.0466. The summed E-state index contributed by atoms with van der Waals surface area (Å²) >= 11 is 1.28. The number of thiazole rings is 1. The van der Waals surface area contributed by atoms with Crippen LogP contribution in [-0.4, -0.2) is 35.0 Å². The molecule has 1 atom stereocenters. The highest BCUT2D eigenvalue weighted by Crippen LogP contribution is 2.44. The van der Waals surface area contributed by atoms with Crippen LogP contribution in [0, 0.1) is 6.92 Å². The molecule has 0 fully saturated rings. The van der Waals surface area contributed by atoms with Gasteiger partial charge in [0, 0.05) is 0 Å². The number of amides is 1. The van der Waals surface area contributed by atoms with Crippen LogP contribution in [0.3, 0.4) is 0 Å². The molecule has 9 heteroatoms. The highest BCUT2D eigenvalue weighted by atomic mass is 32.1. The summed E-state index contributed by atoms with van der Waals surface area (Å²) in [6, 6.07) is 14.9. The summed E-state index contributed by atoms with van der Waals surface area (Å²) in [5, 5.41) is 11.3. The molecule has 3 heterocycles. The van der Waals surface area contributed by atoms with E-state index in [0.717, 1.165) is 4.70 Å². The fourth-order valence-corrected chi connectivity index (χ4v) is 5.23. The Labute approximate surface area is 211 Å². The van der Waals surface area contributed by atoms with Gasteiger partial charge in [0.25, 0.3) is 5.91 Å². The Bertz CT molecular complexity index is 1480. The second-order valence-corrected chi connectivity index (χ2v) is 9.15.